The van der Waals surface area contributed by atoms with Gasteiger partial charge in [0.1, 0.15) is 5.92 Å². The van der Waals surface area contributed by atoms with Crippen LogP contribution in [0.4, 0.5) is 0 Å². The van der Waals surface area contributed by atoms with E-state index in [2.05, 4.69) is 0 Å². The van der Waals surface area contributed by atoms with Gasteiger partial charge in [0.15, 0.2) is 0 Å². The summed E-state index contributed by atoms with van der Waals surface area (Å²) in [5, 5.41) is 8.90. The van der Waals surface area contributed by atoms with Gasteiger partial charge in [0.25, 0.3) is 0 Å². The Balaban J connectivity index is 2.28. The van der Waals surface area contributed by atoms with Gasteiger partial charge >= 0.3 is 5.97 Å². The fraction of sp³-hybridized carbons (Fsp3) is 0.357. The lowest BCUT2D eigenvalue weighted by Gasteiger charge is -2.24. The minimum atomic E-state index is -1.21. The third-order valence-electron chi connectivity index (χ3n) is 3.37. The largest absolute Gasteiger partial charge is 0.481 e. The first kappa shape index (κ1) is 13.3. The average molecular weight is 261 g/mol. The van der Waals surface area contributed by atoms with Crippen LogP contribution in [0.1, 0.15) is 31.4 Å². The molecule has 0 saturated carbocycles. The number of carbonyl (C=O) groups is 3. The van der Waals surface area contributed by atoms with Gasteiger partial charge in [-0.3, -0.25) is 19.3 Å². The summed E-state index contributed by atoms with van der Waals surface area (Å²) in [5.74, 6) is -3.35. The molecule has 19 heavy (non-hydrogen) atoms. The van der Waals surface area contributed by atoms with Crippen LogP contribution >= 0.6 is 0 Å². The molecule has 2 rings (SSSR count). The summed E-state index contributed by atoms with van der Waals surface area (Å²) in [6.07, 6.45) is 0.818. The first-order chi connectivity index (χ1) is 9.02. The van der Waals surface area contributed by atoms with E-state index in [1.807, 2.05) is 30.3 Å². The quantitative estimate of drug-likeness (QED) is 0.838. The van der Waals surface area contributed by atoms with Gasteiger partial charge in [-0.25, -0.2) is 0 Å². The molecular weight excluding hydrogens is 246 g/mol. The molecule has 1 heterocycles. The molecule has 1 saturated heterocycles. The number of rotatable bonds is 3. The zero-order chi connectivity index (χ0) is 14.0. The number of aliphatic carboxylic acids is 1. The normalized spacial score (nSPS) is 20.4. The summed E-state index contributed by atoms with van der Waals surface area (Å²) in [7, 11) is 0. The van der Waals surface area contributed by atoms with Crippen molar-refractivity contribution < 1.29 is 19.5 Å². The Morgan fingerprint density at radius 1 is 1.32 bits per heavy atom. The Hall–Kier alpha value is -2.17. The molecule has 1 N–H and O–H groups in total. The van der Waals surface area contributed by atoms with Crippen LogP contribution in [0.5, 0.6) is 0 Å². The van der Waals surface area contributed by atoms with Crippen molar-refractivity contribution in [3.8, 4) is 0 Å². The van der Waals surface area contributed by atoms with Crippen LogP contribution in [-0.2, 0) is 14.4 Å². The Labute approximate surface area is 110 Å². The number of likely N-dealkylation sites (tertiary alicyclic amines) is 1. The van der Waals surface area contributed by atoms with E-state index in [0.29, 0.717) is 6.42 Å². The second-order valence-electron chi connectivity index (χ2n) is 4.63. The number of nitrogens with zero attached hydrogens (tertiary/aromatic N) is 1. The van der Waals surface area contributed by atoms with E-state index in [9.17, 15) is 14.4 Å². The molecule has 0 bridgehead atoms. The van der Waals surface area contributed by atoms with Crippen LogP contribution in [0.15, 0.2) is 30.3 Å². The van der Waals surface area contributed by atoms with Crippen molar-refractivity contribution in [2.75, 3.05) is 0 Å². The Morgan fingerprint density at radius 3 is 2.53 bits per heavy atom. The smallest absolute Gasteiger partial charge is 0.315 e. The van der Waals surface area contributed by atoms with Gasteiger partial charge < -0.3 is 5.11 Å². The number of hydrogen-bond acceptors (Lipinski definition) is 3. The lowest BCUT2D eigenvalue weighted by Crippen LogP contribution is -2.40. The van der Waals surface area contributed by atoms with Gasteiger partial charge in [0.05, 0.1) is 6.04 Å². The lowest BCUT2D eigenvalue weighted by molar-refractivity contribution is -0.154. The molecule has 2 amide bonds. The third kappa shape index (κ3) is 2.50. The summed E-state index contributed by atoms with van der Waals surface area (Å²) in [4.78, 5) is 35.9. The van der Waals surface area contributed by atoms with Crippen molar-refractivity contribution in [3.05, 3.63) is 35.9 Å². The molecule has 5 nitrogen and oxygen atoms in total. The summed E-state index contributed by atoms with van der Waals surface area (Å²) >= 11 is 0. The number of hydrogen-bond donors (Lipinski definition) is 1. The Kier molecular flexibility index (Phi) is 3.64. The number of benzene rings is 1. The van der Waals surface area contributed by atoms with Gasteiger partial charge in [0.2, 0.25) is 11.8 Å². The van der Waals surface area contributed by atoms with Crippen molar-refractivity contribution in [2.24, 2.45) is 5.92 Å². The van der Waals surface area contributed by atoms with Crippen LogP contribution < -0.4 is 0 Å². The maximum absolute atomic E-state index is 12.1. The van der Waals surface area contributed by atoms with E-state index < -0.39 is 17.8 Å². The molecule has 0 unspecified atom stereocenters. The minimum absolute atomic E-state index is 0.275. The molecule has 0 spiro atoms. The highest BCUT2D eigenvalue weighted by Crippen LogP contribution is 2.33. The average Bonchev–Trinajstić information content (AvgIpc) is 2.79. The molecule has 1 aromatic rings. The van der Waals surface area contributed by atoms with Gasteiger partial charge in [-0.1, -0.05) is 30.3 Å². The van der Waals surface area contributed by atoms with E-state index in [0.717, 1.165) is 10.5 Å². The van der Waals surface area contributed by atoms with Crippen molar-refractivity contribution in [2.45, 2.75) is 25.8 Å². The molecule has 2 atom stereocenters. The fourth-order valence-corrected chi connectivity index (χ4v) is 2.27. The molecule has 0 radical (unpaired) electrons. The first-order valence-corrected chi connectivity index (χ1v) is 6.16. The molecule has 1 aliphatic heterocycles. The van der Waals surface area contributed by atoms with Crippen LogP contribution in [0, 0.1) is 5.92 Å². The molecule has 0 aliphatic carbocycles. The summed E-state index contributed by atoms with van der Waals surface area (Å²) in [5.41, 5.74) is 0.860. The Bertz CT molecular complexity index is 511. The molecule has 100 valence electrons. The van der Waals surface area contributed by atoms with E-state index in [-0.39, 0.29) is 18.4 Å². The lowest BCUT2D eigenvalue weighted by atomic mass is 10.0. The van der Waals surface area contributed by atoms with Gasteiger partial charge in [-0.2, -0.15) is 0 Å². The second kappa shape index (κ2) is 5.22. The molecule has 5 heteroatoms. The predicted molar refractivity (Wildman–Crippen MR) is 67.1 cm³/mol. The van der Waals surface area contributed by atoms with Crippen molar-refractivity contribution in [1.82, 2.24) is 4.90 Å². The summed E-state index contributed by atoms with van der Waals surface area (Å²) in [6.45, 7) is 1.30. The van der Waals surface area contributed by atoms with Crippen molar-refractivity contribution in [3.63, 3.8) is 0 Å². The Morgan fingerprint density at radius 2 is 1.95 bits per heavy atom. The van der Waals surface area contributed by atoms with Gasteiger partial charge in [-0.15, -0.1) is 0 Å². The third-order valence-corrected chi connectivity index (χ3v) is 3.37. The summed E-state index contributed by atoms with van der Waals surface area (Å²) < 4.78 is 0. The monoisotopic (exact) mass is 261 g/mol. The highest BCUT2D eigenvalue weighted by Gasteiger charge is 2.40. The SMILES string of the molecule is C[C@H](C(=O)O)C(=O)N1C(=O)CC[C@H]1c1ccccc1. The molecular formula is C14H15NO4. The van der Waals surface area contributed by atoms with Crippen molar-refractivity contribution in [1.29, 1.82) is 0 Å². The fourth-order valence-electron chi connectivity index (χ4n) is 2.27. The standard InChI is InChI=1S/C14H15NO4/c1-9(14(18)19)13(17)15-11(7-8-12(15)16)10-5-3-2-4-6-10/h2-6,9,11H,7-8H2,1H3,(H,18,19)/t9-,11-/m0/s1. The first-order valence-electron chi connectivity index (χ1n) is 6.16. The van der Waals surface area contributed by atoms with E-state index >= 15 is 0 Å². The number of carbonyl (C=O) groups excluding carboxylic acids is 2. The van der Waals surface area contributed by atoms with Crippen LogP contribution in [0.2, 0.25) is 0 Å². The van der Waals surface area contributed by atoms with E-state index in [1.165, 1.54) is 6.92 Å². The second-order valence-corrected chi connectivity index (χ2v) is 4.63. The topological polar surface area (TPSA) is 74.7 Å². The van der Waals surface area contributed by atoms with Gasteiger partial charge in [-0.05, 0) is 18.9 Å². The highest BCUT2D eigenvalue weighted by molar-refractivity contribution is 6.05. The molecule has 1 fully saturated rings. The van der Waals surface area contributed by atoms with Crippen LogP contribution in [0.3, 0.4) is 0 Å². The van der Waals surface area contributed by atoms with Gasteiger partial charge in [0, 0.05) is 6.42 Å². The predicted octanol–water partition coefficient (Wildman–Crippen LogP) is 1.60. The molecule has 0 aromatic heterocycles. The molecule has 1 aliphatic rings. The highest BCUT2D eigenvalue weighted by atomic mass is 16.4. The van der Waals surface area contributed by atoms with Crippen LogP contribution in [-0.4, -0.2) is 27.8 Å². The zero-order valence-corrected chi connectivity index (χ0v) is 10.6. The van der Waals surface area contributed by atoms with E-state index in [4.69, 9.17) is 5.11 Å². The van der Waals surface area contributed by atoms with Crippen LogP contribution in [0.25, 0.3) is 0 Å². The maximum Gasteiger partial charge on any atom is 0.315 e. The number of carboxylic acid groups (broad SMARTS) is 1. The van der Waals surface area contributed by atoms with E-state index in [1.54, 1.807) is 0 Å². The zero-order valence-electron chi connectivity index (χ0n) is 10.6. The molecule has 1 aromatic carbocycles. The number of amides is 2. The van der Waals surface area contributed by atoms with Crippen molar-refractivity contribution >= 4 is 17.8 Å². The number of imide groups is 1. The number of carboxylic acids is 1. The maximum atomic E-state index is 12.1. The summed E-state index contributed by atoms with van der Waals surface area (Å²) in [6, 6.07) is 8.86. The minimum Gasteiger partial charge on any atom is -0.481 e.